The fourth-order valence-corrected chi connectivity index (χ4v) is 3.85. The van der Waals surface area contributed by atoms with E-state index in [0.29, 0.717) is 23.2 Å². The Morgan fingerprint density at radius 3 is 2.79 bits per heavy atom. The lowest BCUT2D eigenvalue weighted by Crippen LogP contribution is -2.47. The zero-order valence-corrected chi connectivity index (χ0v) is 17.3. The van der Waals surface area contributed by atoms with Crippen molar-refractivity contribution in [3.05, 3.63) is 28.8 Å². The van der Waals surface area contributed by atoms with E-state index in [9.17, 15) is 8.78 Å². The number of halogens is 3. The molecule has 2 aliphatic heterocycles. The Hall–Kier alpha value is -1.64. The molecule has 1 aromatic carbocycles. The molecule has 0 spiro atoms. The Balaban J connectivity index is 1.48. The maximum Gasteiger partial charge on any atom is 0.387 e. The molecule has 0 saturated carbocycles. The molecule has 29 heavy (non-hydrogen) atoms. The summed E-state index contributed by atoms with van der Waals surface area (Å²) >= 11 is 6.01. The molecule has 2 aliphatic rings. The van der Waals surface area contributed by atoms with Crippen LogP contribution in [-0.2, 0) is 16.0 Å². The molecule has 0 aromatic heterocycles. The van der Waals surface area contributed by atoms with Gasteiger partial charge in [-0.1, -0.05) is 11.6 Å². The van der Waals surface area contributed by atoms with Gasteiger partial charge in [-0.15, -0.1) is 0 Å². The molecule has 0 aliphatic carbocycles. The minimum absolute atomic E-state index is 0.105. The van der Waals surface area contributed by atoms with E-state index in [2.05, 4.69) is 19.9 Å². The summed E-state index contributed by atoms with van der Waals surface area (Å²) in [6.45, 7) is 0.523. The van der Waals surface area contributed by atoms with Crippen LogP contribution in [0, 0.1) is 0 Å². The lowest BCUT2D eigenvalue weighted by atomic mass is 10.1. The second-order valence-corrected chi connectivity index (χ2v) is 7.62. The van der Waals surface area contributed by atoms with Crippen LogP contribution in [0.4, 0.5) is 8.78 Å². The maximum atomic E-state index is 12.6. The number of ether oxygens (including phenoxy) is 3. The van der Waals surface area contributed by atoms with Gasteiger partial charge in [-0.3, -0.25) is 4.99 Å². The summed E-state index contributed by atoms with van der Waals surface area (Å²) in [5.74, 6) is 0.819. The highest BCUT2D eigenvalue weighted by atomic mass is 35.5. The van der Waals surface area contributed by atoms with Crippen LogP contribution < -0.4 is 10.1 Å². The van der Waals surface area contributed by atoms with Crippen molar-refractivity contribution in [2.75, 3.05) is 33.4 Å². The molecular weight excluding hydrogens is 404 g/mol. The number of piperidine rings is 1. The SMILES string of the molecule is CN=C(NCc1cc(Cl)ccc1OC(F)F)N1CCC(OCC2CCCO2)CC1. The van der Waals surface area contributed by atoms with Gasteiger partial charge in [0.15, 0.2) is 5.96 Å². The fraction of sp³-hybridized carbons (Fsp3) is 0.650. The molecule has 1 unspecified atom stereocenters. The number of nitrogens with zero attached hydrogens (tertiary/aromatic N) is 2. The number of alkyl halides is 2. The van der Waals surface area contributed by atoms with Gasteiger partial charge in [0.1, 0.15) is 5.75 Å². The number of likely N-dealkylation sites (tertiary alicyclic amines) is 1. The van der Waals surface area contributed by atoms with Crippen LogP contribution in [0.5, 0.6) is 5.75 Å². The molecule has 2 saturated heterocycles. The summed E-state index contributed by atoms with van der Waals surface area (Å²) in [6.07, 6.45) is 4.48. The molecule has 9 heteroatoms. The van der Waals surface area contributed by atoms with Crippen molar-refractivity contribution in [2.24, 2.45) is 4.99 Å². The van der Waals surface area contributed by atoms with Gasteiger partial charge in [-0.2, -0.15) is 8.78 Å². The van der Waals surface area contributed by atoms with E-state index >= 15 is 0 Å². The van der Waals surface area contributed by atoms with Crippen molar-refractivity contribution >= 4 is 17.6 Å². The number of benzene rings is 1. The van der Waals surface area contributed by atoms with Gasteiger partial charge in [0.2, 0.25) is 0 Å². The number of hydrogen-bond acceptors (Lipinski definition) is 4. The third-order valence-corrected chi connectivity index (χ3v) is 5.41. The van der Waals surface area contributed by atoms with Gasteiger partial charge in [-0.05, 0) is 43.9 Å². The van der Waals surface area contributed by atoms with Crippen molar-refractivity contribution in [1.82, 2.24) is 10.2 Å². The van der Waals surface area contributed by atoms with Crippen molar-refractivity contribution in [3.63, 3.8) is 0 Å². The van der Waals surface area contributed by atoms with Gasteiger partial charge >= 0.3 is 6.61 Å². The quantitative estimate of drug-likeness (QED) is 0.527. The summed E-state index contributed by atoms with van der Waals surface area (Å²) in [5, 5.41) is 3.68. The molecule has 2 fully saturated rings. The number of rotatable bonds is 7. The molecule has 1 atom stereocenters. The molecule has 2 heterocycles. The van der Waals surface area contributed by atoms with Crippen molar-refractivity contribution in [1.29, 1.82) is 0 Å². The summed E-state index contributed by atoms with van der Waals surface area (Å²) < 4.78 is 41.5. The lowest BCUT2D eigenvalue weighted by molar-refractivity contribution is -0.0504. The smallest absolute Gasteiger partial charge is 0.387 e. The molecule has 6 nitrogen and oxygen atoms in total. The molecule has 0 radical (unpaired) electrons. The lowest BCUT2D eigenvalue weighted by Gasteiger charge is -2.34. The monoisotopic (exact) mass is 431 g/mol. The van der Waals surface area contributed by atoms with E-state index in [1.807, 2.05) is 0 Å². The van der Waals surface area contributed by atoms with Crippen LogP contribution in [0.3, 0.4) is 0 Å². The second-order valence-electron chi connectivity index (χ2n) is 7.19. The summed E-state index contributed by atoms with van der Waals surface area (Å²) in [4.78, 5) is 6.47. The predicted octanol–water partition coefficient (Wildman–Crippen LogP) is 3.68. The minimum Gasteiger partial charge on any atom is -0.434 e. The molecule has 3 rings (SSSR count). The van der Waals surface area contributed by atoms with Crippen LogP contribution in [0.25, 0.3) is 0 Å². The summed E-state index contributed by atoms with van der Waals surface area (Å²) in [7, 11) is 1.71. The van der Waals surface area contributed by atoms with E-state index in [0.717, 1.165) is 45.4 Å². The van der Waals surface area contributed by atoms with E-state index in [1.165, 1.54) is 12.1 Å². The average Bonchev–Trinajstić information content (AvgIpc) is 3.23. The van der Waals surface area contributed by atoms with E-state index in [1.54, 1.807) is 13.1 Å². The molecule has 0 bridgehead atoms. The van der Waals surface area contributed by atoms with Crippen LogP contribution in [0.1, 0.15) is 31.2 Å². The topological polar surface area (TPSA) is 55.3 Å². The summed E-state index contributed by atoms with van der Waals surface area (Å²) in [5.41, 5.74) is 0.550. The molecular formula is C20H28ClF2N3O3. The highest BCUT2D eigenvalue weighted by Gasteiger charge is 2.24. The van der Waals surface area contributed by atoms with Gasteiger partial charge in [-0.25, -0.2) is 0 Å². The maximum absolute atomic E-state index is 12.6. The van der Waals surface area contributed by atoms with Gasteiger partial charge in [0, 0.05) is 43.9 Å². The van der Waals surface area contributed by atoms with E-state index in [4.69, 9.17) is 21.1 Å². The third kappa shape index (κ3) is 6.69. The number of hydrogen-bond donors (Lipinski definition) is 1. The number of guanidine groups is 1. The molecule has 1 N–H and O–H groups in total. The summed E-state index contributed by atoms with van der Waals surface area (Å²) in [6, 6.07) is 4.59. The number of aliphatic imine (C=N–C) groups is 1. The first-order chi connectivity index (χ1) is 14.0. The van der Waals surface area contributed by atoms with E-state index in [-0.39, 0.29) is 24.5 Å². The Labute approximate surface area is 175 Å². The molecule has 0 amide bonds. The highest BCUT2D eigenvalue weighted by Crippen LogP contribution is 2.25. The van der Waals surface area contributed by atoms with Crippen LogP contribution in [-0.4, -0.2) is 63.0 Å². The first kappa shape index (κ1) is 22.1. The second kappa shape index (κ2) is 10.9. The minimum atomic E-state index is -2.89. The third-order valence-electron chi connectivity index (χ3n) is 5.17. The molecule has 162 valence electrons. The molecule has 1 aromatic rings. The standard InChI is InChI=1S/C20H28ClF2N3O3/c1-24-20(25-12-14-11-15(21)4-5-18(14)29-19(22)23)26-8-6-16(7-9-26)28-13-17-3-2-10-27-17/h4-5,11,16-17,19H,2-3,6-10,12-13H2,1H3,(H,24,25). The highest BCUT2D eigenvalue weighted by molar-refractivity contribution is 6.30. The predicted molar refractivity (Wildman–Crippen MR) is 108 cm³/mol. The van der Waals surface area contributed by atoms with Gasteiger partial charge < -0.3 is 24.4 Å². The van der Waals surface area contributed by atoms with Crippen LogP contribution in [0.15, 0.2) is 23.2 Å². The Morgan fingerprint density at radius 1 is 1.34 bits per heavy atom. The fourth-order valence-electron chi connectivity index (χ4n) is 3.66. The zero-order chi connectivity index (χ0) is 20.6. The van der Waals surface area contributed by atoms with Gasteiger partial charge in [0.05, 0.1) is 18.8 Å². The average molecular weight is 432 g/mol. The Morgan fingerprint density at radius 2 is 2.14 bits per heavy atom. The first-order valence-corrected chi connectivity index (χ1v) is 10.3. The normalized spacial score (nSPS) is 21.1. The van der Waals surface area contributed by atoms with Crippen molar-refractivity contribution in [2.45, 2.75) is 51.0 Å². The van der Waals surface area contributed by atoms with Crippen LogP contribution >= 0.6 is 11.6 Å². The van der Waals surface area contributed by atoms with Crippen molar-refractivity contribution < 1.29 is 23.0 Å². The van der Waals surface area contributed by atoms with Gasteiger partial charge in [0.25, 0.3) is 0 Å². The first-order valence-electron chi connectivity index (χ1n) is 9.97. The van der Waals surface area contributed by atoms with Crippen LogP contribution in [0.2, 0.25) is 5.02 Å². The number of nitrogens with one attached hydrogen (secondary N) is 1. The Kier molecular flexibility index (Phi) is 8.32. The van der Waals surface area contributed by atoms with E-state index < -0.39 is 6.61 Å². The largest absolute Gasteiger partial charge is 0.434 e. The Bertz CT molecular complexity index is 679. The van der Waals surface area contributed by atoms with Crippen molar-refractivity contribution in [3.8, 4) is 5.75 Å². The zero-order valence-electron chi connectivity index (χ0n) is 16.6.